The van der Waals surface area contributed by atoms with Crippen molar-refractivity contribution in [3.8, 4) is 11.4 Å². The number of nitro benzene ring substituents is 1. The molecule has 0 radical (unpaired) electrons. The third-order valence-corrected chi connectivity index (χ3v) is 4.83. The van der Waals surface area contributed by atoms with Crippen LogP contribution in [-0.2, 0) is 11.3 Å². The van der Waals surface area contributed by atoms with Gasteiger partial charge in [0.15, 0.2) is 0 Å². The Balaban J connectivity index is 1.59. The minimum absolute atomic E-state index is 0.00370. The quantitative estimate of drug-likeness (QED) is 0.245. The number of carboxylic acids is 1. The summed E-state index contributed by atoms with van der Waals surface area (Å²) in [7, 11) is 0. The van der Waals surface area contributed by atoms with E-state index in [9.17, 15) is 24.5 Å². The summed E-state index contributed by atoms with van der Waals surface area (Å²) in [5.74, 6) is -1.47. The molecule has 1 amide bonds. The molecule has 0 aliphatic rings. The molecule has 0 saturated heterocycles. The average Bonchev–Trinajstić information content (AvgIpc) is 3.26. The first-order chi connectivity index (χ1) is 16.2. The molecule has 0 fully saturated rings. The van der Waals surface area contributed by atoms with Gasteiger partial charge in [0, 0.05) is 11.8 Å². The van der Waals surface area contributed by atoms with Gasteiger partial charge < -0.3 is 19.8 Å². The summed E-state index contributed by atoms with van der Waals surface area (Å²) in [5.41, 5.74) is -0.313. The third kappa shape index (κ3) is 4.43. The van der Waals surface area contributed by atoms with Gasteiger partial charge in [-0.2, -0.15) is 0 Å². The van der Waals surface area contributed by atoms with E-state index >= 15 is 0 Å². The van der Waals surface area contributed by atoms with Crippen LogP contribution >= 0.6 is 0 Å². The minimum Gasteiger partial charge on any atom is -0.476 e. The van der Waals surface area contributed by atoms with Gasteiger partial charge in [0.05, 0.1) is 33.4 Å². The Kier molecular flexibility index (Phi) is 5.74. The van der Waals surface area contributed by atoms with Gasteiger partial charge in [0.25, 0.3) is 11.2 Å². The van der Waals surface area contributed by atoms with Crippen molar-refractivity contribution < 1.29 is 24.4 Å². The number of para-hydroxylation sites is 1. The first kappa shape index (κ1) is 22.1. The Morgan fingerprint density at radius 3 is 2.71 bits per heavy atom. The number of nitrogens with one attached hydrogen (secondary N) is 3. The standard InChI is InChI=1S/C21H16N6O7/c1-10-4-2-3-5-13(10)26-21(31)34-9-11-8-22-18(23-11)12-6-14-15(7-16(12)27(32)33)25-19(28)17(24-14)20(29)30/h2-8H,9H2,1H3,(H,22,23)(H,25,28)(H,26,31)(H,29,30). The fraction of sp³-hybridized carbons (Fsp3) is 0.0952. The fourth-order valence-electron chi connectivity index (χ4n) is 3.18. The SMILES string of the molecule is Cc1ccccc1NC(=O)OCc1cnc(-c2cc3nc(C(=O)O)c(=O)[nH]c3cc2[N+](=O)[O-])[nH]1. The van der Waals surface area contributed by atoms with Gasteiger partial charge in [-0.15, -0.1) is 0 Å². The number of H-pyrrole nitrogens is 2. The number of hydrogen-bond donors (Lipinski definition) is 4. The molecule has 172 valence electrons. The molecule has 13 nitrogen and oxygen atoms in total. The second kappa shape index (κ2) is 8.82. The summed E-state index contributed by atoms with van der Waals surface area (Å²) >= 11 is 0. The number of anilines is 1. The summed E-state index contributed by atoms with van der Waals surface area (Å²) < 4.78 is 5.17. The number of aryl methyl sites for hydroxylation is 1. The second-order valence-corrected chi connectivity index (χ2v) is 7.14. The van der Waals surface area contributed by atoms with Crippen LogP contribution in [0.15, 0.2) is 47.4 Å². The maximum atomic E-state index is 12.1. The van der Waals surface area contributed by atoms with Crippen LogP contribution in [0.5, 0.6) is 0 Å². The lowest BCUT2D eigenvalue weighted by Crippen LogP contribution is -2.19. The number of carboxylic acid groups (broad SMARTS) is 1. The highest BCUT2D eigenvalue weighted by Gasteiger charge is 2.22. The number of imidazole rings is 1. The monoisotopic (exact) mass is 464 g/mol. The van der Waals surface area contributed by atoms with E-state index < -0.39 is 33.9 Å². The number of aromatic carboxylic acids is 1. The number of rotatable bonds is 6. The van der Waals surface area contributed by atoms with E-state index in [0.717, 1.165) is 11.6 Å². The van der Waals surface area contributed by atoms with E-state index in [4.69, 9.17) is 9.84 Å². The molecule has 4 aromatic rings. The van der Waals surface area contributed by atoms with Crippen molar-refractivity contribution in [1.82, 2.24) is 19.9 Å². The summed E-state index contributed by atoms with van der Waals surface area (Å²) in [6, 6.07) is 9.46. The van der Waals surface area contributed by atoms with Gasteiger partial charge in [-0.05, 0) is 24.6 Å². The first-order valence-corrected chi connectivity index (χ1v) is 9.72. The van der Waals surface area contributed by atoms with Gasteiger partial charge >= 0.3 is 12.1 Å². The highest BCUT2D eigenvalue weighted by Crippen LogP contribution is 2.31. The highest BCUT2D eigenvalue weighted by molar-refractivity contribution is 5.91. The van der Waals surface area contributed by atoms with Crippen LogP contribution in [-0.4, -0.2) is 42.0 Å². The van der Waals surface area contributed by atoms with E-state index in [1.54, 1.807) is 12.1 Å². The van der Waals surface area contributed by atoms with Crippen LogP contribution in [0.4, 0.5) is 16.2 Å². The first-order valence-electron chi connectivity index (χ1n) is 9.72. The van der Waals surface area contributed by atoms with Gasteiger partial charge in [0.2, 0.25) is 5.69 Å². The number of benzene rings is 2. The van der Waals surface area contributed by atoms with Crippen molar-refractivity contribution in [2.45, 2.75) is 13.5 Å². The molecule has 34 heavy (non-hydrogen) atoms. The van der Waals surface area contributed by atoms with Crippen LogP contribution in [0, 0.1) is 17.0 Å². The zero-order valence-electron chi connectivity index (χ0n) is 17.5. The van der Waals surface area contributed by atoms with Crippen LogP contribution in [0.3, 0.4) is 0 Å². The zero-order valence-corrected chi connectivity index (χ0v) is 17.5. The van der Waals surface area contributed by atoms with E-state index in [2.05, 4.69) is 25.3 Å². The number of carbonyl (C=O) groups excluding carboxylic acids is 1. The summed E-state index contributed by atoms with van der Waals surface area (Å²) in [6.07, 6.45) is 0.643. The third-order valence-electron chi connectivity index (χ3n) is 4.83. The Morgan fingerprint density at radius 2 is 2.00 bits per heavy atom. The number of aromatic nitrogens is 4. The van der Waals surface area contributed by atoms with E-state index in [-0.39, 0.29) is 29.0 Å². The topological polar surface area (TPSA) is 193 Å². The van der Waals surface area contributed by atoms with Crippen molar-refractivity contribution in [2.75, 3.05) is 5.32 Å². The Labute approximate surface area is 189 Å². The maximum Gasteiger partial charge on any atom is 0.412 e. The highest BCUT2D eigenvalue weighted by atomic mass is 16.6. The smallest absolute Gasteiger partial charge is 0.412 e. The van der Waals surface area contributed by atoms with Gasteiger partial charge in [0.1, 0.15) is 12.4 Å². The molecule has 0 atom stereocenters. The Bertz CT molecular complexity index is 1510. The predicted octanol–water partition coefficient (Wildman–Crippen LogP) is 2.98. The molecule has 2 heterocycles. The molecule has 2 aromatic heterocycles. The number of fused-ring (bicyclic) bond motifs is 1. The molecule has 0 aliphatic carbocycles. The van der Waals surface area contributed by atoms with E-state index in [1.165, 1.54) is 12.3 Å². The summed E-state index contributed by atoms with van der Waals surface area (Å²) in [5, 5.41) is 23.3. The van der Waals surface area contributed by atoms with Gasteiger partial charge in [-0.1, -0.05) is 18.2 Å². The van der Waals surface area contributed by atoms with Crippen LogP contribution in [0.1, 0.15) is 21.7 Å². The lowest BCUT2D eigenvalue weighted by molar-refractivity contribution is -0.384. The zero-order chi connectivity index (χ0) is 24.4. The number of amides is 1. The Hall–Kier alpha value is -5.07. The number of hydrogen-bond acceptors (Lipinski definition) is 8. The molecule has 0 aliphatic heterocycles. The molecular formula is C21H16N6O7. The van der Waals surface area contributed by atoms with Crippen molar-refractivity contribution in [1.29, 1.82) is 0 Å². The molecular weight excluding hydrogens is 448 g/mol. The molecule has 4 rings (SSSR count). The molecule has 2 aromatic carbocycles. The average molecular weight is 464 g/mol. The second-order valence-electron chi connectivity index (χ2n) is 7.14. The summed E-state index contributed by atoms with van der Waals surface area (Å²) in [4.78, 5) is 59.0. The van der Waals surface area contributed by atoms with E-state index in [1.807, 2.05) is 19.1 Å². The molecule has 4 N–H and O–H groups in total. The fourth-order valence-corrected chi connectivity index (χ4v) is 3.18. The number of aromatic amines is 2. The van der Waals surface area contributed by atoms with E-state index in [0.29, 0.717) is 11.4 Å². The molecule has 0 bridgehead atoms. The lowest BCUT2D eigenvalue weighted by Gasteiger charge is -2.08. The minimum atomic E-state index is -1.54. The van der Waals surface area contributed by atoms with Gasteiger partial charge in [-0.25, -0.2) is 19.6 Å². The lowest BCUT2D eigenvalue weighted by atomic mass is 10.1. The predicted molar refractivity (Wildman–Crippen MR) is 119 cm³/mol. The number of nitrogens with zero attached hydrogens (tertiary/aromatic N) is 3. The van der Waals surface area contributed by atoms with Crippen molar-refractivity contribution >= 4 is 34.5 Å². The van der Waals surface area contributed by atoms with Crippen LogP contribution in [0.2, 0.25) is 0 Å². The maximum absolute atomic E-state index is 12.1. The van der Waals surface area contributed by atoms with Crippen LogP contribution < -0.4 is 10.9 Å². The number of nitro groups is 1. The molecule has 13 heteroatoms. The normalized spacial score (nSPS) is 10.7. The van der Waals surface area contributed by atoms with Crippen molar-refractivity contribution in [3.63, 3.8) is 0 Å². The molecule has 0 saturated carbocycles. The Morgan fingerprint density at radius 1 is 1.24 bits per heavy atom. The molecule has 0 spiro atoms. The van der Waals surface area contributed by atoms with Crippen LogP contribution in [0.25, 0.3) is 22.4 Å². The summed E-state index contributed by atoms with van der Waals surface area (Å²) in [6.45, 7) is 1.64. The number of ether oxygens (including phenoxy) is 1. The van der Waals surface area contributed by atoms with Gasteiger partial charge in [-0.3, -0.25) is 20.2 Å². The number of carbonyl (C=O) groups is 2. The van der Waals surface area contributed by atoms with Crippen molar-refractivity contribution in [2.24, 2.45) is 0 Å². The largest absolute Gasteiger partial charge is 0.476 e. The van der Waals surface area contributed by atoms with Crippen molar-refractivity contribution in [3.05, 3.63) is 80.0 Å². The molecule has 0 unspecified atom stereocenters.